The minimum atomic E-state index is -0.496. The predicted molar refractivity (Wildman–Crippen MR) is 266 cm³/mol. The summed E-state index contributed by atoms with van der Waals surface area (Å²) < 4.78 is 0. The minimum Gasteiger partial charge on any atom is -0.354 e. The molecular formula is C57H78N2O5. The van der Waals surface area contributed by atoms with Gasteiger partial charge in [0.15, 0.2) is 0 Å². The molecule has 0 bridgehead atoms. The van der Waals surface area contributed by atoms with E-state index in [1.54, 1.807) is 6.92 Å². The molecule has 6 rings (SSSR count). The fourth-order valence-corrected chi connectivity index (χ4v) is 9.74. The van der Waals surface area contributed by atoms with Crippen LogP contribution in [-0.2, 0) is 20.8 Å². The number of carbonyl (C=O) groups excluding carboxylic acids is 5. The summed E-state index contributed by atoms with van der Waals surface area (Å²) in [6.45, 7) is 14.1. The van der Waals surface area contributed by atoms with Gasteiger partial charge in [0.05, 0.1) is 22.5 Å². The van der Waals surface area contributed by atoms with Crippen molar-refractivity contribution in [2.24, 2.45) is 11.8 Å². The van der Waals surface area contributed by atoms with Gasteiger partial charge in [-0.1, -0.05) is 168 Å². The number of fused-ring (bicyclic) bond motifs is 6. The van der Waals surface area contributed by atoms with E-state index in [4.69, 9.17) is 0 Å². The fourth-order valence-electron chi connectivity index (χ4n) is 9.74. The Hall–Kier alpha value is -4.65. The first-order chi connectivity index (χ1) is 30.8. The van der Waals surface area contributed by atoms with E-state index < -0.39 is 11.6 Å². The number of aryl methyl sites for hydroxylation is 1. The van der Waals surface area contributed by atoms with Gasteiger partial charge in [0.2, 0.25) is 23.1 Å². The molecule has 2 N–H and O–H groups in total. The summed E-state index contributed by atoms with van der Waals surface area (Å²) in [5, 5.41) is 1.66. The van der Waals surface area contributed by atoms with E-state index in [1.165, 1.54) is 128 Å². The molecule has 0 saturated heterocycles. The summed E-state index contributed by atoms with van der Waals surface area (Å²) in [5.74, 6) is -0.266. The Morgan fingerprint density at radius 2 is 1.03 bits per heavy atom. The predicted octanol–water partition coefficient (Wildman–Crippen LogP) is 15.4. The van der Waals surface area contributed by atoms with Gasteiger partial charge in [-0.2, -0.15) is 0 Å². The molecule has 2 aromatic carbocycles. The molecule has 1 atom stereocenters. The molecule has 346 valence electrons. The number of H-pyrrole nitrogens is 2. The Kier molecular flexibility index (Phi) is 19.8. The molecule has 2 aliphatic carbocycles. The van der Waals surface area contributed by atoms with Crippen LogP contribution in [0.15, 0.2) is 53.6 Å². The molecule has 7 heteroatoms. The van der Waals surface area contributed by atoms with E-state index in [2.05, 4.69) is 43.7 Å². The van der Waals surface area contributed by atoms with Crippen LogP contribution in [0.3, 0.4) is 0 Å². The number of unbranched alkanes of at least 4 members (excludes halogenated alkanes) is 15. The van der Waals surface area contributed by atoms with Gasteiger partial charge in [-0.3, -0.25) is 24.0 Å². The molecule has 64 heavy (non-hydrogen) atoms. The summed E-state index contributed by atoms with van der Waals surface area (Å²) in [6, 6.07) is 13.9. The van der Waals surface area contributed by atoms with Gasteiger partial charge in [-0.15, -0.1) is 0 Å². The number of benzene rings is 2. The van der Waals surface area contributed by atoms with E-state index in [0.717, 1.165) is 64.7 Å². The molecule has 0 fully saturated rings. The SMILES string of the molecule is CC(=O)CC1=C(C)C(=O)C(=O)c2c1[nH]c1ccc(CCC(C)CCCC(C)C)cc21.CCCCCCCCCCCCCCCCCCC1=C(C)C(=O)C(=O)c2c1[nH]c1ccccc21. The quantitative estimate of drug-likeness (QED) is 0.0481. The van der Waals surface area contributed by atoms with Crippen LogP contribution >= 0.6 is 0 Å². The Labute approximate surface area is 384 Å². The topological polar surface area (TPSA) is 117 Å². The maximum absolute atomic E-state index is 12.8. The highest BCUT2D eigenvalue weighted by Gasteiger charge is 2.35. The Balaban J connectivity index is 0.000000243. The van der Waals surface area contributed by atoms with Crippen molar-refractivity contribution in [1.82, 2.24) is 9.97 Å². The van der Waals surface area contributed by atoms with Gasteiger partial charge >= 0.3 is 0 Å². The van der Waals surface area contributed by atoms with Crippen molar-refractivity contribution >= 4 is 61.9 Å². The second-order valence-electron chi connectivity index (χ2n) is 19.6. The number of allylic oxidation sites excluding steroid dienone is 4. The average molecular weight is 871 g/mol. The highest BCUT2D eigenvalue weighted by Crippen LogP contribution is 2.38. The van der Waals surface area contributed by atoms with Crippen LogP contribution in [0.1, 0.15) is 227 Å². The molecule has 1 unspecified atom stereocenters. The molecule has 0 spiro atoms. The molecule has 2 aromatic heterocycles. The number of hydrogen-bond acceptors (Lipinski definition) is 5. The van der Waals surface area contributed by atoms with Crippen molar-refractivity contribution in [3.8, 4) is 0 Å². The van der Waals surface area contributed by atoms with Crippen molar-refractivity contribution in [3.63, 3.8) is 0 Å². The molecular weight excluding hydrogens is 793 g/mol. The first kappa shape index (κ1) is 50.4. The van der Waals surface area contributed by atoms with Crippen molar-refractivity contribution in [2.45, 2.75) is 196 Å². The third kappa shape index (κ3) is 13.5. The number of ketones is 5. The molecule has 2 heterocycles. The molecule has 2 aliphatic rings. The second kappa shape index (κ2) is 25.2. The second-order valence-corrected chi connectivity index (χ2v) is 19.6. The third-order valence-corrected chi connectivity index (χ3v) is 13.7. The fraction of sp³-hybridized carbons (Fsp3) is 0.561. The lowest BCUT2D eigenvalue weighted by Crippen LogP contribution is -2.22. The summed E-state index contributed by atoms with van der Waals surface area (Å²) in [4.78, 5) is 69.1. The maximum atomic E-state index is 12.8. The van der Waals surface area contributed by atoms with Crippen molar-refractivity contribution in [1.29, 1.82) is 0 Å². The summed E-state index contributed by atoms with van der Waals surface area (Å²) >= 11 is 0. The van der Waals surface area contributed by atoms with Crippen molar-refractivity contribution in [2.75, 3.05) is 0 Å². The van der Waals surface area contributed by atoms with E-state index >= 15 is 0 Å². The number of aromatic nitrogens is 2. The largest absolute Gasteiger partial charge is 0.354 e. The number of carbonyl (C=O) groups is 5. The highest BCUT2D eigenvalue weighted by molar-refractivity contribution is 6.54. The van der Waals surface area contributed by atoms with E-state index in [1.807, 2.05) is 43.3 Å². The monoisotopic (exact) mass is 871 g/mol. The lowest BCUT2D eigenvalue weighted by Gasteiger charge is -2.17. The average Bonchev–Trinajstić information content (AvgIpc) is 3.85. The third-order valence-electron chi connectivity index (χ3n) is 13.7. The van der Waals surface area contributed by atoms with Gasteiger partial charge in [0, 0.05) is 39.4 Å². The first-order valence-electron chi connectivity index (χ1n) is 25.2. The van der Waals surface area contributed by atoms with Crippen LogP contribution in [0.5, 0.6) is 0 Å². The van der Waals surface area contributed by atoms with Gasteiger partial charge in [0.25, 0.3) is 0 Å². The zero-order valence-electron chi connectivity index (χ0n) is 40.5. The van der Waals surface area contributed by atoms with Crippen LogP contribution in [0.25, 0.3) is 33.0 Å². The lowest BCUT2D eigenvalue weighted by molar-refractivity contribution is -0.116. The highest BCUT2D eigenvalue weighted by atomic mass is 16.2. The van der Waals surface area contributed by atoms with E-state index in [9.17, 15) is 24.0 Å². The molecule has 0 amide bonds. The molecule has 7 nitrogen and oxygen atoms in total. The summed E-state index contributed by atoms with van der Waals surface area (Å²) in [7, 11) is 0. The molecule has 0 radical (unpaired) electrons. The number of Topliss-reactive ketones (excluding diaryl/α,β-unsaturated/α-hetero) is 5. The van der Waals surface area contributed by atoms with Crippen LogP contribution < -0.4 is 0 Å². The number of para-hydroxylation sites is 1. The molecule has 4 aromatic rings. The van der Waals surface area contributed by atoms with Gasteiger partial charge in [0.1, 0.15) is 5.78 Å². The van der Waals surface area contributed by atoms with Crippen LogP contribution in [0.2, 0.25) is 0 Å². The van der Waals surface area contributed by atoms with E-state index in [0.29, 0.717) is 39.5 Å². The van der Waals surface area contributed by atoms with E-state index in [-0.39, 0.29) is 23.8 Å². The van der Waals surface area contributed by atoms with Gasteiger partial charge in [-0.05, 0) is 93.2 Å². The van der Waals surface area contributed by atoms with Crippen LogP contribution in [0, 0.1) is 11.8 Å². The normalized spacial score (nSPS) is 14.5. The first-order valence-corrected chi connectivity index (χ1v) is 25.2. The van der Waals surface area contributed by atoms with Crippen LogP contribution in [-0.4, -0.2) is 38.9 Å². The molecule has 0 saturated carbocycles. The standard InChI is InChI=1S/C31H45NO2.C26H33NO3/c1-3-4-5-6-7-8-9-10-11-12-13-14-15-16-17-18-21-25-24(2)30(33)31(34)28-26-22-19-20-23-27(26)32-29(25)28;1-15(2)7-6-8-16(3)9-10-19-11-12-22-21(14-19)23-24(27-22)20(13-17(4)28)18(5)25(29)26(23)30/h19-20,22-23,32H,3-18,21H2,1-2H3;11-12,14-16,27H,6-10,13H2,1-5H3. The molecule has 0 aliphatic heterocycles. The van der Waals surface area contributed by atoms with Gasteiger partial charge in [-0.25, -0.2) is 0 Å². The number of nitrogens with one attached hydrogen (secondary N) is 2. The van der Waals surface area contributed by atoms with Crippen molar-refractivity contribution in [3.05, 3.63) is 81.7 Å². The lowest BCUT2D eigenvalue weighted by atomic mass is 9.85. The number of aromatic amines is 2. The summed E-state index contributed by atoms with van der Waals surface area (Å²) in [5.41, 5.74) is 8.19. The minimum absolute atomic E-state index is 0.0248. The zero-order chi connectivity index (χ0) is 46.2. The number of rotatable bonds is 26. The number of hydrogen-bond donors (Lipinski definition) is 2. The van der Waals surface area contributed by atoms with Crippen molar-refractivity contribution < 1.29 is 24.0 Å². The Bertz CT molecular complexity index is 2310. The Morgan fingerprint density at radius 1 is 0.531 bits per heavy atom. The van der Waals surface area contributed by atoms with Crippen LogP contribution in [0.4, 0.5) is 0 Å². The Morgan fingerprint density at radius 3 is 1.59 bits per heavy atom. The smallest absolute Gasteiger partial charge is 0.235 e. The summed E-state index contributed by atoms with van der Waals surface area (Å²) in [6.07, 6.45) is 28.5. The maximum Gasteiger partial charge on any atom is 0.235 e. The zero-order valence-corrected chi connectivity index (χ0v) is 40.5. The van der Waals surface area contributed by atoms with Gasteiger partial charge < -0.3 is 9.97 Å².